The minimum absolute atomic E-state index is 0.103. The lowest BCUT2D eigenvalue weighted by molar-refractivity contribution is -0.119. The molecule has 1 aliphatic heterocycles. The highest BCUT2D eigenvalue weighted by atomic mass is 32.2. The number of benzene rings is 1. The molecule has 0 saturated carbocycles. The zero-order valence-electron chi connectivity index (χ0n) is 15.6. The lowest BCUT2D eigenvalue weighted by Crippen LogP contribution is -2.44. The van der Waals surface area contributed by atoms with Gasteiger partial charge in [-0.1, -0.05) is 25.5 Å². The second-order valence-electron chi connectivity index (χ2n) is 6.76. The van der Waals surface area contributed by atoms with Crippen LogP contribution in [0, 0.1) is 6.92 Å². The van der Waals surface area contributed by atoms with E-state index in [9.17, 15) is 13.2 Å². The van der Waals surface area contributed by atoms with E-state index in [0.717, 1.165) is 22.7 Å². The predicted molar refractivity (Wildman–Crippen MR) is 109 cm³/mol. The molecule has 1 aromatic carbocycles. The van der Waals surface area contributed by atoms with Gasteiger partial charge in [-0.15, -0.1) is 11.3 Å². The number of aromatic nitrogens is 1. The molecule has 0 aliphatic carbocycles. The summed E-state index contributed by atoms with van der Waals surface area (Å²) < 4.78 is 26.5. The van der Waals surface area contributed by atoms with Crippen molar-refractivity contribution in [3.05, 3.63) is 34.7 Å². The fourth-order valence-corrected chi connectivity index (χ4v) is 5.76. The summed E-state index contributed by atoms with van der Waals surface area (Å²) >= 11 is 1.58. The number of hydrogen-bond acceptors (Lipinski definition) is 5. The number of hydrogen-bond donors (Lipinski definition) is 1. The molecule has 2 aromatic rings. The van der Waals surface area contributed by atoms with Gasteiger partial charge in [0.15, 0.2) is 0 Å². The van der Waals surface area contributed by atoms with Gasteiger partial charge in [0, 0.05) is 23.2 Å². The van der Waals surface area contributed by atoms with Gasteiger partial charge in [-0.25, -0.2) is 13.4 Å². The van der Waals surface area contributed by atoms with Gasteiger partial charge in [0.25, 0.3) is 0 Å². The number of nitrogens with zero attached hydrogens (tertiary/aromatic N) is 2. The number of carbonyl (C=O) groups is 1. The van der Waals surface area contributed by atoms with Crippen LogP contribution >= 0.6 is 11.3 Å². The van der Waals surface area contributed by atoms with Crippen LogP contribution in [0.1, 0.15) is 37.6 Å². The zero-order chi connectivity index (χ0) is 19.4. The summed E-state index contributed by atoms with van der Waals surface area (Å²) in [5.74, 6) is -0.162. The van der Waals surface area contributed by atoms with Gasteiger partial charge < -0.3 is 5.32 Å². The number of unbranched alkanes of at least 4 members (excludes halogenated alkanes) is 1. The average molecular weight is 408 g/mol. The third-order valence-corrected chi connectivity index (χ3v) is 7.39. The van der Waals surface area contributed by atoms with E-state index in [1.165, 1.54) is 4.31 Å². The molecule has 1 atom stereocenters. The molecule has 1 fully saturated rings. The molecule has 1 unspecified atom stereocenters. The number of anilines is 1. The molecule has 6 nitrogen and oxygen atoms in total. The Morgan fingerprint density at radius 3 is 2.93 bits per heavy atom. The molecule has 27 heavy (non-hydrogen) atoms. The highest BCUT2D eigenvalue weighted by molar-refractivity contribution is 7.89. The van der Waals surface area contributed by atoms with Crippen LogP contribution in [0.3, 0.4) is 0 Å². The molecular formula is C19H25N3O3S2. The Balaban J connectivity index is 1.73. The van der Waals surface area contributed by atoms with E-state index >= 15 is 0 Å². The minimum atomic E-state index is -3.39. The van der Waals surface area contributed by atoms with Crippen LogP contribution in [0.15, 0.2) is 29.6 Å². The van der Waals surface area contributed by atoms with Crippen molar-refractivity contribution in [2.45, 2.75) is 45.6 Å². The Hall–Kier alpha value is -1.77. The van der Waals surface area contributed by atoms with Gasteiger partial charge in [-0.05, 0) is 38.3 Å². The van der Waals surface area contributed by atoms with Crippen LogP contribution in [-0.2, 0) is 14.8 Å². The zero-order valence-corrected chi connectivity index (χ0v) is 17.3. The van der Waals surface area contributed by atoms with E-state index < -0.39 is 16.1 Å². The van der Waals surface area contributed by atoms with Crippen LogP contribution < -0.4 is 5.32 Å². The maximum Gasteiger partial charge on any atom is 0.242 e. The van der Waals surface area contributed by atoms with Gasteiger partial charge in [-0.2, -0.15) is 4.31 Å². The molecule has 0 spiro atoms. The number of aryl methyl sites for hydroxylation is 1. The van der Waals surface area contributed by atoms with Crippen molar-refractivity contribution < 1.29 is 13.2 Å². The molecule has 146 valence electrons. The molecule has 8 heteroatoms. The minimum Gasteiger partial charge on any atom is -0.325 e. The Labute approximate surface area is 164 Å². The van der Waals surface area contributed by atoms with Crippen LogP contribution in [0.2, 0.25) is 0 Å². The van der Waals surface area contributed by atoms with Gasteiger partial charge in [0.1, 0.15) is 6.04 Å². The van der Waals surface area contributed by atoms with Crippen molar-refractivity contribution in [2.24, 2.45) is 0 Å². The third-order valence-electron chi connectivity index (χ3n) is 4.66. The maximum absolute atomic E-state index is 12.8. The van der Waals surface area contributed by atoms with Crippen molar-refractivity contribution in [1.82, 2.24) is 9.29 Å². The standard InChI is InChI=1S/C19H25N3O3S2/c1-3-4-11-27(24,25)22-10-6-9-18(22)19(23)21-16-8-5-7-15(12-16)17-13-26-14(2)20-17/h5,7-8,12-13,18H,3-4,6,9-11H2,1-2H3,(H,21,23). The SMILES string of the molecule is CCCCS(=O)(=O)N1CCCC1C(=O)Nc1cccc(-c2csc(C)n2)c1. The highest BCUT2D eigenvalue weighted by Gasteiger charge is 2.38. The van der Waals surface area contributed by atoms with Gasteiger partial charge >= 0.3 is 0 Å². The van der Waals surface area contributed by atoms with Crippen molar-refractivity contribution >= 4 is 33.0 Å². The molecule has 0 bridgehead atoms. The molecule has 0 radical (unpaired) electrons. The van der Waals surface area contributed by atoms with Crippen LogP contribution in [0.25, 0.3) is 11.3 Å². The predicted octanol–water partition coefficient (Wildman–Crippen LogP) is 3.65. The maximum atomic E-state index is 12.8. The molecule has 2 heterocycles. The molecule has 1 saturated heterocycles. The summed E-state index contributed by atoms with van der Waals surface area (Å²) in [6, 6.07) is 6.87. The average Bonchev–Trinajstić information content (AvgIpc) is 3.30. The molecule has 1 aromatic heterocycles. The van der Waals surface area contributed by atoms with Gasteiger partial charge in [-0.3, -0.25) is 4.79 Å². The fraction of sp³-hybridized carbons (Fsp3) is 0.474. The van der Waals surface area contributed by atoms with Crippen LogP contribution in [0.5, 0.6) is 0 Å². The Kier molecular flexibility index (Phi) is 6.29. The van der Waals surface area contributed by atoms with E-state index in [1.54, 1.807) is 11.3 Å². The lowest BCUT2D eigenvalue weighted by atomic mass is 10.1. The summed E-state index contributed by atoms with van der Waals surface area (Å²) in [5.41, 5.74) is 2.45. The number of nitrogens with one attached hydrogen (secondary N) is 1. The van der Waals surface area contributed by atoms with Crippen LogP contribution in [-0.4, -0.2) is 42.0 Å². The summed E-state index contributed by atoms with van der Waals surface area (Å²) in [7, 11) is -3.39. The first-order valence-electron chi connectivity index (χ1n) is 9.23. The summed E-state index contributed by atoms with van der Waals surface area (Å²) in [4.78, 5) is 17.2. The lowest BCUT2D eigenvalue weighted by Gasteiger charge is -2.23. The molecule has 1 N–H and O–H groups in total. The summed E-state index contributed by atoms with van der Waals surface area (Å²) in [6.07, 6.45) is 2.69. The first-order chi connectivity index (χ1) is 12.9. The Morgan fingerprint density at radius 1 is 1.41 bits per heavy atom. The Morgan fingerprint density at radius 2 is 2.22 bits per heavy atom. The second kappa shape index (κ2) is 8.50. The van der Waals surface area contributed by atoms with Gasteiger partial charge in [0.05, 0.1) is 16.5 Å². The normalized spacial score (nSPS) is 17.9. The Bertz CT molecular complexity index is 908. The topological polar surface area (TPSA) is 79.4 Å². The van der Waals surface area contributed by atoms with Crippen molar-refractivity contribution in [3.63, 3.8) is 0 Å². The highest BCUT2D eigenvalue weighted by Crippen LogP contribution is 2.26. The number of thiazole rings is 1. The van der Waals surface area contributed by atoms with E-state index in [0.29, 0.717) is 31.5 Å². The molecule has 1 aliphatic rings. The van der Waals surface area contributed by atoms with Crippen molar-refractivity contribution in [2.75, 3.05) is 17.6 Å². The second-order valence-corrected chi connectivity index (χ2v) is 9.86. The van der Waals surface area contributed by atoms with Crippen molar-refractivity contribution in [1.29, 1.82) is 0 Å². The number of rotatable bonds is 7. The van der Waals surface area contributed by atoms with E-state index in [-0.39, 0.29) is 11.7 Å². The fourth-order valence-electron chi connectivity index (χ4n) is 3.26. The van der Waals surface area contributed by atoms with E-state index in [1.807, 2.05) is 43.5 Å². The largest absolute Gasteiger partial charge is 0.325 e. The number of carbonyl (C=O) groups excluding carboxylic acids is 1. The first kappa shape index (κ1) is 20.0. The summed E-state index contributed by atoms with van der Waals surface area (Å²) in [6.45, 7) is 4.33. The van der Waals surface area contributed by atoms with E-state index in [4.69, 9.17) is 0 Å². The molecular weight excluding hydrogens is 382 g/mol. The molecule has 3 rings (SSSR count). The van der Waals surface area contributed by atoms with Gasteiger partial charge in [0.2, 0.25) is 15.9 Å². The first-order valence-corrected chi connectivity index (χ1v) is 11.7. The summed E-state index contributed by atoms with van der Waals surface area (Å²) in [5, 5.41) is 5.86. The molecule has 1 amide bonds. The number of amides is 1. The smallest absolute Gasteiger partial charge is 0.242 e. The van der Waals surface area contributed by atoms with E-state index in [2.05, 4.69) is 10.3 Å². The third kappa shape index (κ3) is 4.75. The number of sulfonamides is 1. The van der Waals surface area contributed by atoms with Crippen molar-refractivity contribution in [3.8, 4) is 11.3 Å². The quantitative estimate of drug-likeness (QED) is 0.760. The van der Waals surface area contributed by atoms with Crippen LogP contribution in [0.4, 0.5) is 5.69 Å². The monoisotopic (exact) mass is 407 g/mol.